The van der Waals surface area contributed by atoms with Gasteiger partial charge in [0.25, 0.3) is 0 Å². The predicted molar refractivity (Wildman–Crippen MR) is 7.13 cm³/mol. The van der Waals surface area contributed by atoms with Gasteiger partial charge >= 0.3 is 21.1 Å². The summed E-state index contributed by atoms with van der Waals surface area (Å²) in [4.78, 5) is 0. The molecule has 0 aliphatic heterocycles. The molecule has 0 aromatic rings. The molecule has 0 rings (SSSR count). The molecule has 0 bridgehead atoms. The van der Waals surface area contributed by atoms with Crippen molar-refractivity contribution in [1.82, 2.24) is 0 Å². The van der Waals surface area contributed by atoms with E-state index in [1.165, 1.54) is 0 Å². The van der Waals surface area contributed by atoms with Crippen LogP contribution < -0.4 is 0 Å². The van der Waals surface area contributed by atoms with Crippen LogP contribution in [0.3, 0.4) is 0 Å². The molecular formula is O2PtSi. The van der Waals surface area contributed by atoms with Gasteiger partial charge in [0.05, 0.1) is 0 Å². The second kappa shape index (κ2) is 44.8. The molecule has 0 N–H and O–H groups in total. The van der Waals surface area contributed by atoms with Crippen molar-refractivity contribution in [3.05, 3.63) is 0 Å². The first-order chi connectivity index (χ1) is 0. The van der Waals surface area contributed by atoms with Gasteiger partial charge in [-0.1, -0.05) is 0 Å². The fourth-order valence-electron chi connectivity index (χ4n) is 0. The molecule has 4 heteroatoms. The summed E-state index contributed by atoms with van der Waals surface area (Å²) < 4.78 is 0. The zero-order valence-electron chi connectivity index (χ0n) is 1.63. The summed E-state index contributed by atoms with van der Waals surface area (Å²) in [5, 5.41) is 0. The molecule has 0 saturated heterocycles. The largest absolute Gasteiger partial charge is 4.00 e. The third kappa shape index (κ3) is 13.8. The normalized spacial score (nSPS) is 0. The van der Waals surface area contributed by atoms with Gasteiger partial charge in [-0.05, 0) is 0 Å². The Labute approximate surface area is 43.5 Å². The minimum absolute atomic E-state index is 0. The molecule has 0 aromatic carbocycles. The molecule has 0 aliphatic carbocycles. The number of hydrogen-bond acceptors (Lipinski definition) is 0. The van der Waals surface area contributed by atoms with Crippen LogP contribution in [0.1, 0.15) is 0 Å². The summed E-state index contributed by atoms with van der Waals surface area (Å²) >= 11 is 0. The Hall–Kier alpha value is 0.825. The Bertz CT molecular complexity index is 6.00. The molecular weight excluding hydrogens is 255 g/mol. The summed E-state index contributed by atoms with van der Waals surface area (Å²) in [5.41, 5.74) is 0. The van der Waals surface area contributed by atoms with E-state index in [9.17, 15) is 0 Å². The Morgan fingerprint density at radius 3 is 0.750 bits per heavy atom. The van der Waals surface area contributed by atoms with Crippen molar-refractivity contribution in [3.8, 4) is 0 Å². The van der Waals surface area contributed by atoms with Crippen molar-refractivity contribution in [1.29, 1.82) is 0 Å². The average Bonchev–Trinajstić information content (AvgIpc) is 0. The topological polar surface area (TPSA) is 57.0 Å². The quantitative estimate of drug-likeness (QED) is 0.518. The van der Waals surface area contributed by atoms with E-state index in [2.05, 4.69) is 0 Å². The molecule has 0 aromatic heterocycles. The van der Waals surface area contributed by atoms with Crippen LogP contribution in [0.5, 0.6) is 0 Å². The van der Waals surface area contributed by atoms with Crippen molar-refractivity contribution in [2.24, 2.45) is 0 Å². The molecule has 0 saturated carbocycles. The van der Waals surface area contributed by atoms with Gasteiger partial charge in [-0.2, -0.15) is 0 Å². The average molecular weight is 255 g/mol. The first-order valence-electron chi connectivity index (χ1n) is 0. The smallest absolute Gasteiger partial charge is 2.00 e. The molecule has 4 radical (unpaired) electrons. The van der Waals surface area contributed by atoms with Crippen LogP contribution in [-0.2, 0) is 32.0 Å². The Balaban J connectivity index is 0. The molecule has 0 atom stereocenters. The maximum atomic E-state index is 0. The van der Waals surface area contributed by atoms with Gasteiger partial charge < -0.3 is 11.0 Å². The maximum Gasteiger partial charge on any atom is 4.00 e. The first kappa shape index (κ1) is 104. The zero-order valence-corrected chi connectivity index (χ0v) is 4.90. The molecule has 0 spiro atoms. The van der Waals surface area contributed by atoms with Crippen LogP contribution in [0, 0.1) is 0 Å². The van der Waals surface area contributed by atoms with Crippen LogP contribution in [0.4, 0.5) is 0 Å². The number of rotatable bonds is 0. The summed E-state index contributed by atoms with van der Waals surface area (Å²) in [6, 6.07) is 0. The molecule has 0 amide bonds. The summed E-state index contributed by atoms with van der Waals surface area (Å²) in [6.07, 6.45) is 0. The minimum atomic E-state index is 0. The van der Waals surface area contributed by atoms with Crippen LogP contribution in [0.25, 0.3) is 0 Å². The van der Waals surface area contributed by atoms with E-state index >= 15 is 0 Å². The Morgan fingerprint density at radius 2 is 0.750 bits per heavy atom. The van der Waals surface area contributed by atoms with Crippen molar-refractivity contribution in [2.45, 2.75) is 0 Å². The predicted octanol–water partition coefficient (Wildman–Crippen LogP) is -0.621. The second-order valence-corrected chi connectivity index (χ2v) is 0. The van der Waals surface area contributed by atoms with E-state index in [0.29, 0.717) is 0 Å². The minimum Gasteiger partial charge on any atom is -2.00 e. The van der Waals surface area contributed by atoms with E-state index in [0.717, 1.165) is 0 Å². The maximum absolute atomic E-state index is 0. The van der Waals surface area contributed by atoms with E-state index in [1.807, 2.05) is 0 Å². The molecule has 26 valence electrons. The standard InChI is InChI=1S/2O.Pt.Si/q2*-2;+4;. The summed E-state index contributed by atoms with van der Waals surface area (Å²) in [5.74, 6) is 0. The van der Waals surface area contributed by atoms with Crippen molar-refractivity contribution in [3.63, 3.8) is 0 Å². The second-order valence-electron chi connectivity index (χ2n) is 0. The van der Waals surface area contributed by atoms with Gasteiger partial charge in [0.2, 0.25) is 0 Å². The fourth-order valence-corrected chi connectivity index (χ4v) is 0. The van der Waals surface area contributed by atoms with E-state index in [-0.39, 0.29) is 43.0 Å². The zero-order chi connectivity index (χ0) is 0. The molecule has 4 heavy (non-hydrogen) atoms. The van der Waals surface area contributed by atoms with Crippen LogP contribution in [0.2, 0.25) is 0 Å². The van der Waals surface area contributed by atoms with Crippen molar-refractivity contribution < 1.29 is 32.0 Å². The third-order valence-corrected chi connectivity index (χ3v) is 0. The van der Waals surface area contributed by atoms with Gasteiger partial charge in [-0.15, -0.1) is 0 Å². The van der Waals surface area contributed by atoms with Crippen LogP contribution in [-0.4, -0.2) is 11.0 Å². The summed E-state index contributed by atoms with van der Waals surface area (Å²) in [6.45, 7) is 0. The van der Waals surface area contributed by atoms with Gasteiger partial charge in [-0.3, -0.25) is 0 Å². The molecule has 0 unspecified atom stereocenters. The molecule has 0 fully saturated rings. The molecule has 0 heterocycles. The van der Waals surface area contributed by atoms with Gasteiger partial charge in [0.15, 0.2) is 0 Å². The Kier molecular flexibility index (Phi) is 1160. The van der Waals surface area contributed by atoms with Crippen LogP contribution in [0.15, 0.2) is 0 Å². The SMILES string of the molecule is [O-2].[O-2].[Pt+4].[Si]. The molecule has 0 aliphatic rings. The van der Waals surface area contributed by atoms with E-state index in [1.54, 1.807) is 0 Å². The van der Waals surface area contributed by atoms with Crippen molar-refractivity contribution in [2.75, 3.05) is 0 Å². The third-order valence-electron chi connectivity index (χ3n) is 0. The van der Waals surface area contributed by atoms with Crippen molar-refractivity contribution >= 4 is 11.0 Å². The van der Waals surface area contributed by atoms with E-state index in [4.69, 9.17) is 0 Å². The van der Waals surface area contributed by atoms with E-state index < -0.39 is 0 Å². The van der Waals surface area contributed by atoms with Gasteiger partial charge in [0, 0.05) is 11.0 Å². The van der Waals surface area contributed by atoms with Gasteiger partial charge in [-0.25, -0.2) is 0 Å². The monoisotopic (exact) mass is 255 g/mol. The number of hydrogen-bond donors (Lipinski definition) is 0. The Morgan fingerprint density at radius 1 is 0.750 bits per heavy atom. The van der Waals surface area contributed by atoms with Crippen LogP contribution >= 0.6 is 0 Å². The fraction of sp³-hybridized carbons (Fsp3) is 0. The summed E-state index contributed by atoms with van der Waals surface area (Å²) in [7, 11) is 0. The van der Waals surface area contributed by atoms with Gasteiger partial charge in [0.1, 0.15) is 0 Å². The molecule has 2 nitrogen and oxygen atoms in total. The first-order valence-corrected chi connectivity index (χ1v) is 0.